The van der Waals surface area contributed by atoms with Gasteiger partial charge >= 0.3 is 0 Å². The standard InChI is InChI=1S/C24H18BrFN4O/c1-15-12-20(8-9-21(15)25)28-24(31)17-5-3-7-19(14-17)27-23-11-10-22(29-30-23)16-4-2-6-18(26)13-16/h2-14H,1H3,(H,27,30)(H,28,31). The number of anilines is 3. The molecule has 1 heterocycles. The van der Waals surface area contributed by atoms with E-state index in [9.17, 15) is 9.18 Å². The van der Waals surface area contributed by atoms with E-state index in [-0.39, 0.29) is 11.7 Å². The first-order valence-corrected chi connectivity index (χ1v) is 10.3. The maximum absolute atomic E-state index is 13.4. The van der Waals surface area contributed by atoms with Crippen molar-refractivity contribution in [2.24, 2.45) is 0 Å². The number of aromatic nitrogens is 2. The lowest BCUT2D eigenvalue weighted by Gasteiger charge is -2.10. The zero-order valence-electron chi connectivity index (χ0n) is 16.6. The number of carbonyl (C=O) groups excluding carboxylic acids is 1. The minimum absolute atomic E-state index is 0.210. The first-order valence-electron chi connectivity index (χ1n) is 9.52. The number of amides is 1. The van der Waals surface area contributed by atoms with Crippen molar-refractivity contribution in [2.75, 3.05) is 10.6 Å². The number of hydrogen-bond acceptors (Lipinski definition) is 4. The third kappa shape index (κ3) is 5.13. The third-order valence-electron chi connectivity index (χ3n) is 4.60. The van der Waals surface area contributed by atoms with Gasteiger partial charge in [0.15, 0.2) is 5.82 Å². The van der Waals surface area contributed by atoms with Crippen molar-refractivity contribution in [1.82, 2.24) is 10.2 Å². The monoisotopic (exact) mass is 476 g/mol. The smallest absolute Gasteiger partial charge is 0.255 e. The van der Waals surface area contributed by atoms with Crippen molar-refractivity contribution in [3.8, 4) is 11.3 Å². The van der Waals surface area contributed by atoms with Crippen LogP contribution in [0.25, 0.3) is 11.3 Å². The highest BCUT2D eigenvalue weighted by molar-refractivity contribution is 9.10. The van der Waals surface area contributed by atoms with E-state index in [0.717, 1.165) is 15.7 Å². The topological polar surface area (TPSA) is 66.9 Å². The van der Waals surface area contributed by atoms with E-state index in [1.165, 1.54) is 12.1 Å². The van der Waals surface area contributed by atoms with Gasteiger partial charge in [0, 0.05) is 27.0 Å². The molecule has 3 aromatic carbocycles. The number of hydrogen-bond donors (Lipinski definition) is 2. The Kier molecular flexibility index (Phi) is 6.04. The van der Waals surface area contributed by atoms with Gasteiger partial charge in [-0.3, -0.25) is 4.79 Å². The van der Waals surface area contributed by atoms with Gasteiger partial charge in [0.1, 0.15) is 5.82 Å². The Morgan fingerprint density at radius 3 is 2.48 bits per heavy atom. The highest BCUT2D eigenvalue weighted by Crippen LogP contribution is 2.22. The summed E-state index contributed by atoms with van der Waals surface area (Å²) in [5.74, 6) is -0.0194. The molecule has 0 saturated heterocycles. The Balaban J connectivity index is 1.46. The van der Waals surface area contributed by atoms with Gasteiger partial charge in [-0.15, -0.1) is 10.2 Å². The molecule has 0 aliphatic rings. The predicted molar refractivity (Wildman–Crippen MR) is 124 cm³/mol. The number of rotatable bonds is 5. The molecular formula is C24H18BrFN4O. The Labute approximate surface area is 187 Å². The molecule has 0 aliphatic carbocycles. The molecule has 0 radical (unpaired) electrons. The van der Waals surface area contributed by atoms with Gasteiger partial charge in [-0.2, -0.15) is 0 Å². The van der Waals surface area contributed by atoms with Crippen molar-refractivity contribution in [2.45, 2.75) is 6.92 Å². The lowest BCUT2D eigenvalue weighted by atomic mass is 10.1. The molecule has 0 bridgehead atoms. The first kappa shape index (κ1) is 20.7. The van der Waals surface area contributed by atoms with Crippen LogP contribution in [0.1, 0.15) is 15.9 Å². The van der Waals surface area contributed by atoms with Crippen molar-refractivity contribution in [1.29, 1.82) is 0 Å². The zero-order valence-corrected chi connectivity index (χ0v) is 18.2. The zero-order chi connectivity index (χ0) is 21.8. The summed E-state index contributed by atoms with van der Waals surface area (Å²) in [7, 11) is 0. The molecule has 0 spiro atoms. The summed E-state index contributed by atoms with van der Waals surface area (Å²) in [6.07, 6.45) is 0. The van der Waals surface area contributed by atoms with Crippen LogP contribution < -0.4 is 10.6 Å². The minimum Gasteiger partial charge on any atom is -0.339 e. The molecule has 5 nitrogen and oxygen atoms in total. The van der Waals surface area contributed by atoms with Gasteiger partial charge in [0.2, 0.25) is 0 Å². The molecule has 4 aromatic rings. The normalized spacial score (nSPS) is 10.5. The third-order valence-corrected chi connectivity index (χ3v) is 5.49. The van der Waals surface area contributed by atoms with Crippen LogP contribution in [-0.4, -0.2) is 16.1 Å². The van der Waals surface area contributed by atoms with Crippen LogP contribution in [0.3, 0.4) is 0 Å². The van der Waals surface area contributed by atoms with Crippen LogP contribution in [0, 0.1) is 12.7 Å². The predicted octanol–water partition coefficient (Wildman–Crippen LogP) is 6.35. The van der Waals surface area contributed by atoms with E-state index in [2.05, 4.69) is 36.8 Å². The Hall–Kier alpha value is -3.58. The summed E-state index contributed by atoms with van der Waals surface area (Å²) in [6, 6.07) is 22.5. The second-order valence-electron chi connectivity index (χ2n) is 6.94. The summed E-state index contributed by atoms with van der Waals surface area (Å²) in [5.41, 5.74) is 4.20. The van der Waals surface area contributed by atoms with Gasteiger partial charge in [0.25, 0.3) is 5.91 Å². The molecule has 154 valence electrons. The Morgan fingerprint density at radius 2 is 1.74 bits per heavy atom. The second kappa shape index (κ2) is 9.06. The van der Waals surface area contributed by atoms with Crippen LogP contribution in [0.15, 0.2) is 83.3 Å². The fraction of sp³-hybridized carbons (Fsp3) is 0.0417. The van der Waals surface area contributed by atoms with E-state index in [1.807, 2.05) is 31.2 Å². The molecule has 4 rings (SSSR count). The van der Waals surface area contributed by atoms with Crippen LogP contribution in [-0.2, 0) is 0 Å². The molecule has 1 aromatic heterocycles. The number of carbonyl (C=O) groups is 1. The minimum atomic E-state index is -0.324. The maximum Gasteiger partial charge on any atom is 0.255 e. The molecular weight excluding hydrogens is 459 g/mol. The van der Waals surface area contributed by atoms with Gasteiger partial charge < -0.3 is 10.6 Å². The second-order valence-corrected chi connectivity index (χ2v) is 7.79. The number of nitrogens with one attached hydrogen (secondary N) is 2. The van der Waals surface area contributed by atoms with Gasteiger partial charge in [-0.25, -0.2) is 4.39 Å². The number of halogens is 2. The van der Waals surface area contributed by atoms with E-state index in [0.29, 0.717) is 28.3 Å². The average molecular weight is 477 g/mol. The Morgan fingerprint density at radius 1 is 0.903 bits per heavy atom. The van der Waals surface area contributed by atoms with Crippen molar-refractivity contribution < 1.29 is 9.18 Å². The fourth-order valence-corrected chi connectivity index (χ4v) is 3.26. The van der Waals surface area contributed by atoms with E-state index < -0.39 is 0 Å². The molecule has 1 amide bonds. The first-order chi connectivity index (χ1) is 15.0. The summed E-state index contributed by atoms with van der Waals surface area (Å²) in [4.78, 5) is 12.6. The molecule has 0 atom stereocenters. The largest absolute Gasteiger partial charge is 0.339 e. The SMILES string of the molecule is Cc1cc(NC(=O)c2cccc(Nc3ccc(-c4cccc(F)c4)nn3)c2)ccc1Br. The van der Waals surface area contributed by atoms with Crippen molar-refractivity contribution in [3.63, 3.8) is 0 Å². The van der Waals surface area contributed by atoms with Gasteiger partial charge in [-0.05, 0) is 73.2 Å². The molecule has 31 heavy (non-hydrogen) atoms. The summed E-state index contributed by atoms with van der Waals surface area (Å²) in [5, 5.41) is 14.3. The lowest BCUT2D eigenvalue weighted by molar-refractivity contribution is 0.102. The van der Waals surface area contributed by atoms with Gasteiger partial charge in [0.05, 0.1) is 5.69 Å². The van der Waals surface area contributed by atoms with Crippen LogP contribution in [0.5, 0.6) is 0 Å². The number of nitrogens with zero attached hydrogens (tertiary/aromatic N) is 2. The Bertz CT molecular complexity index is 1240. The van der Waals surface area contributed by atoms with E-state index in [4.69, 9.17) is 0 Å². The van der Waals surface area contributed by atoms with E-state index >= 15 is 0 Å². The van der Waals surface area contributed by atoms with Gasteiger partial charge in [-0.1, -0.05) is 34.1 Å². The fourth-order valence-electron chi connectivity index (χ4n) is 3.01. The van der Waals surface area contributed by atoms with Crippen molar-refractivity contribution >= 4 is 39.0 Å². The lowest BCUT2D eigenvalue weighted by Crippen LogP contribution is -2.12. The average Bonchev–Trinajstić information content (AvgIpc) is 2.77. The molecule has 0 fully saturated rings. The quantitative estimate of drug-likeness (QED) is 0.352. The molecule has 2 N–H and O–H groups in total. The number of aryl methyl sites for hydroxylation is 1. The molecule has 0 aliphatic heterocycles. The summed E-state index contributed by atoms with van der Waals surface area (Å²) >= 11 is 3.45. The molecule has 0 unspecified atom stereocenters. The van der Waals surface area contributed by atoms with Crippen molar-refractivity contribution in [3.05, 3.63) is 100 Å². The van der Waals surface area contributed by atoms with Crippen LogP contribution >= 0.6 is 15.9 Å². The highest BCUT2D eigenvalue weighted by atomic mass is 79.9. The highest BCUT2D eigenvalue weighted by Gasteiger charge is 2.09. The summed E-state index contributed by atoms with van der Waals surface area (Å²) in [6.45, 7) is 1.96. The van der Waals surface area contributed by atoms with Crippen LogP contribution in [0.2, 0.25) is 0 Å². The molecule has 7 heteroatoms. The summed E-state index contributed by atoms with van der Waals surface area (Å²) < 4.78 is 14.4. The van der Waals surface area contributed by atoms with Crippen LogP contribution in [0.4, 0.5) is 21.6 Å². The maximum atomic E-state index is 13.4. The number of benzene rings is 3. The van der Waals surface area contributed by atoms with E-state index in [1.54, 1.807) is 42.5 Å². The molecule has 0 saturated carbocycles.